The van der Waals surface area contributed by atoms with E-state index in [9.17, 15) is 9.59 Å². The van der Waals surface area contributed by atoms with E-state index < -0.39 is 0 Å². The molecule has 5 rings (SSSR count). The zero-order valence-electron chi connectivity index (χ0n) is 17.2. The number of aromatic nitrogens is 6. The Bertz CT molecular complexity index is 1330. The molecule has 0 bridgehead atoms. The van der Waals surface area contributed by atoms with E-state index in [2.05, 4.69) is 15.3 Å². The zero-order valence-corrected chi connectivity index (χ0v) is 17.2. The fourth-order valence-corrected chi connectivity index (χ4v) is 4.48. The molecular weight excluding hydrogens is 382 g/mol. The van der Waals surface area contributed by atoms with Gasteiger partial charge in [0.05, 0.1) is 23.3 Å². The summed E-state index contributed by atoms with van der Waals surface area (Å²) in [6.45, 7) is 6.28. The first-order valence-corrected chi connectivity index (χ1v) is 10.2. The monoisotopic (exact) mass is 405 g/mol. The van der Waals surface area contributed by atoms with Crippen molar-refractivity contribution in [1.82, 2.24) is 33.8 Å². The Balaban J connectivity index is 1.69. The number of carbonyl (C=O) groups is 1. The second-order valence-corrected chi connectivity index (χ2v) is 8.00. The van der Waals surface area contributed by atoms with E-state index in [1.54, 1.807) is 28.7 Å². The van der Waals surface area contributed by atoms with Crippen LogP contribution in [0, 0.1) is 0 Å². The number of rotatable bonds is 3. The van der Waals surface area contributed by atoms with Crippen LogP contribution in [0.15, 0.2) is 41.6 Å². The molecule has 0 saturated carbocycles. The van der Waals surface area contributed by atoms with E-state index in [0.29, 0.717) is 17.0 Å². The molecule has 4 aromatic rings. The lowest BCUT2D eigenvalue weighted by Gasteiger charge is -2.20. The van der Waals surface area contributed by atoms with E-state index in [1.165, 1.54) is 0 Å². The van der Waals surface area contributed by atoms with Crippen LogP contribution in [0.1, 0.15) is 51.4 Å². The molecule has 0 radical (unpaired) electrons. The van der Waals surface area contributed by atoms with Crippen molar-refractivity contribution in [3.05, 3.63) is 52.8 Å². The summed E-state index contributed by atoms with van der Waals surface area (Å²) < 4.78 is 5.13. The lowest BCUT2D eigenvalue weighted by Crippen LogP contribution is -2.28. The first kappa shape index (κ1) is 18.5. The van der Waals surface area contributed by atoms with Gasteiger partial charge in [0.2, 0.25) is 5.91 Å². The van der Waals surface area contributed by atoms with Gasteiger partial charge in [-0.05, 0) is 38.8 Å². The molecule has 3 aromatic heterocycles. The molecule has 1 fully saturated rings. The van der Waals surface area contributed by atoms with Gasteiger partial charge in [-0.25, -0.2) is 4.98 Å². The van der Waals surface area contributed by atoms with Crippen LogP contribution in [0.2, 0.25) is 0 Å². The molecule has 1 aliphatic rings. The first-order chi connectivity index (χ1) is 14.5. The maximum absolute atomic E-state index is 13.4. The molecule has 30 heavy (non-hydrogen) atoms. The highest BCUT2D eigenvalue weighted by Gasteiger charge is 2.30. The minimum Gasteiger partial charge on any atom is -0.334 e. The van der Waals surface area contributed by atoms with Gasteiger partial charge in [-0.1, -0.05) is 17.3 Å². The van der Waals surface area contributed by atoms with Crippen molar-refractivity contribution in [3.63, 3.8) is 0 Å². The Kier molecular flexibility index (Phi) is 4.19. The Labute approximate surface area is 172 Å². The Morgan fingerprint density at radius 2 is 1.97 bits per heavy atom. The maximum atomic E-state index is 13.4. The van der Waals surface area contributed by atoms with Gasteiger partial charge < -0.3 is 9.47 Å². The quantitative estimate of drug-likeness (QED) is 0.522. The SMILES string of the molecule is CC(=O)N1CCCC1c1cn(-c2ncn3c2c(=O)n(C(C)C)c2ccccc23)nn1. The minimum atomic E-state index is -0.125. The third kappa shape index (κ3) is 2.65. The van der Waals surface area contributed by atoms with Crippen LogP contribution in [0.3, 0.4) is 0 Å². The van der Waals surface area contributed by atoms with Crippen molar-refractivity contribution in [2.45, 2.75) is 45.7 Å². The van der Waals surface area contributed by atoms with Gasteiger partial charge in [-0.2, -0.15) is 4.68 Å². The molecule has 1 unspecified atom stereocenters. The van der Waals surface area contributed by atoms with Crippen LogP contribution in [-0.4, -0.2) is 46.3 Å². The number of likely N-dealkylation sites (tertiary alicyclic amines) is 1. The number of nitrogens with zero attached hydrogens (tertiary/aromatic N) is 7. The third-order valence-electron chi connectivity index (χ3n) is 5.81. The average molecular weight is 405 g/mol. The lowest BCUT2D eigenvalue weighted by atomic mass is 10.1. The second-order valence-electron chi connectivity index (χ2n) is 8.00. The van der Waals surface area contributed by atoms with Gasteiger partial charge in [0.1, 0.15) is 12.0 Å². The van der Waals surface area contributed by atoms with E-state index in [0.717, 1.165) is 30.4 Å². The summed E-state index contributed by atoms with van der Waals surface area (Å²) in [5.41, 5.74) is 2.80. The van der Waals surface area contributed by atoms with Crippen molar-refractivity contribution < 1.29 is 4.79 Å². The van der Waals surface area contributed by atoms with Gasteiger partial charge in [0.15, 0.2) is 11.3 Å². The summed E-state index contributed by atoms with van der Waals surface area (Å²) >= 11 is 0. The molecule has 0 spiro atoms. The molecule has 9 nitrogen and oxygen atoms in total. The fraction of sp³-hybridized carbons (Fsp3) is 0.381. The van der Waals surface area contributed by atoms with Crippen LogP contribution in [-0.2, 0) is 4.79 Å². The predicted octanol–water partition coefficient (Wildman–Crippen LogP) is 2.49. The number of para-hydroxylation sites is 2. The highest BCUT2D eigenvalue weighted by molar-refractivity contribution is 5.81. The third-order valence-corrected chi connectivity index (χ3v) is 5.81. The Morgan fingerprint density at radius 1 is 1.20 bits per heavy atom. The van der Waals surface area contributed by atoms with Gasteiger partial charge in [-0.15, -0.1) is 5.10 Å². The van der Waals surface area contributed by atoms with E-state index >= 15 is 0 Å². The maximum Gasteiger partial charge on any atom is 0.279 e. The molecule has 0 aliphatic carbocycles. The van der Waals surface area contributed by atoms with Gasteiger partial charge in [-0.3, -0.25) is 14.0 Å². The highest BCUT2D eigenvalue weighted by Crippen LogP contribution is 2.31. The van der Waals surface area contributed by atoms with E-state index in [4.69, 9.17) is 0 Å². The number of hydrogen-bond acceptors (Lipinski definition) is 5. The number of fused-ring (bicyclic) bond motifs is 3. The molecule has 1 aliphatic heterocycles. The molecule has 0 N–H and O–H groups in total. The molecular formula is C21H23N7O2. The summed E-state index contributed by atoms with van der Waals surface area (Å²) in [5.74, 6) is 0.469. The average Bonchev–Trinajstić information content (AvgIpc) is 3.45. The molecule has 1 amide bonds. The fourth-order valence-electron chi connectivity index (χ4n) is 4.48. The molecule has 1 aromatic carbocycles. The second kappa shape index (κ2) is 6.79. The standard InChI is InChI=1S/C21H23N7O2/c1-13(2)28-18-8-5-4-7-17(18)26-12-22-20(19(26)21(28)30)27-11-15(23-24-27)16-9-6-10-25(16)14(3)29/h4-5,7-8,11-13,16H,6,9-10H2,1-3H3. The van der Waals surface area contributed by atoms with Crippen LogP contribution < -0.4 is 5.56 Å². The topological polar surface area (TPSA) is 90.3 Å². The van der Waals surface area contributed by atoms with Crippen molar-refractivity contribution in [2.24, 2.45) is 0 Å². The normalized spacial score (nSPS) is 16.9. The number of amides is 1. The summed E-state index contributed by atoms with van der Waals surface area (Å²) in [6, 6.07) is 7.70. The Morgan fingerprint density at radius 3 is 2.70 bits per heavy atom. The summed E-state index contributed by atoms with van der Waals surface area (Å²) in [4.78, 5) is 31.7. The van der Waals surface area contributed by atoms with Crippen molar-refractivity contribution >= 4 is 22.5 Å². The highest BCUT2D eigenvalue weighted by atomic mass is 16.2. The van der Waals surface area contributed by atoms with Crippen molar-refractivity contribution in [3.8, 4) is 5.82 Å². The number of imidazole rings is 1. The molecule has 154 valence electrons. The zero-order chi connectivity index (χ0) is 21.0. The summed E-state index contributed by atoms with van der Waals surface area (Å²) in [6.07, 6.45) is 5.23. The van der Waals surface area contributed by atoms with Crippen molar-refractivity contribution in [2.75, 3.05) is 6.54 Å². The van der Waals surface area contributed by atoms with E-state index in [-0.39, 0.29) is 23.6 Å². The number of benzene rings is 1. The number of hydrogen-bond donors (Lipinski definition) is 0. The van der Waals surface area contributed by atoms with Gasteiger partial charge in [0.25, 0.3) is 5.56 Å². The smallest absolute Gasteiger partial charge is 0.279 e. The van der Waals surface area contributed by atoms with E-state index in [1.807, 2.05) is 47.4 Å². The summed E-state index contributed by atoms with van der Waals surface area (Å²) in [5, 5.41) is 8.55. The molecule has 1 saturated heterocycles. The van der Waals surface area contributed by atoms with Crippen LogP contribution in [0.5, 0.6) is 0 Å². The van der Waals surface area contributed by atoms with Crippen LogP contribution in [0.25, 0.3) is 22.4 Å². The predicted molar refractivity (Wildman–Crippen MR) is 112 cm³/mol. The van der Waals surface area contributed by atoms with Gasteiger partial charge in [0, 0.05) is 19.5 Å². The lowest BCUT2D eigenvalue weighted by molar-refractivity contribution is -0.129. The van der Waals surface area contributed by atoms with Gasteiger partial charge >= 0.3 is 0 Å². The minimum absolute atomic E-state index is 0.0101. The summed E-state index contributed by atoms with van der Waals surface area (Å²) in [7, 11) is 0. The van der Waals surface area contributed by atoms with Crippen LogP contribution >= 0.6 is 0 Å². The largest absolute Gasteiger partial charge is 0.334 e. The Hall–Kier alpha value is -3.49. The number of carbonyl (C=O) groups excluding carboxylic acids is 1. The van der Waals surface area contributed by atoms with Crippen molar-refractivity contribution in [1.29, 1.82) is 0 Å². The molecule has 9 heteroatoms. The molecule has 4 heterocycles. The molecule has 1 atom stereocenters. The van der Waals surface area contributed by atoms with Crippen LogP contribution in [0.4, 0.5) is 0 Å². The first-order valence-electron chi connectivity index (χ1n) is 10.2.